The van der Waals surface area contributed by atoms with Crippen molar-refractivity contribution in [3.05, 3.63) is 46.0 Å². The number of hydrogen-bond donors (Lipinski definition) is 1. The summed E-state index contributed by atoms with van der Waals surface area (Å²) in [6.07, 6.45) is 6.34. The molecule has 26 heavy (non-hydrogen) atoms. The lowest BCUT2D eigenvalue weighted by Crippen LogP contribution is -2.41. The first-order valence-electron chi connectivity index (χ1n) is 9.26. The first-order chi connectivity index (χ1) is 12.1. The van der Waals surface area contributed by atoms with Gasteiger partial charge in [-0.2, -0.15) is 0 Å². The van der Waals surface area contributed by atoms with E-state index >= 15 is 0 Å². The highest BCUT2D eigenvalue weighted by atomic mass is 16.5. The molecule has 0 spiro atoms. The molecule has 0 amide bonds. The molecule has 0 aromatic rings. The molecular formula is C22H30O4. The summed E-state index contributed by atoms with van der Waals surface area (Å²) >= 11 is 0. The van der Waals surface area contributed by atoms with Crippen LogP contribution in [0.2, 0.25) is 0 Å². The fourth-order valence-electron chi connectivity index (χ4n) is 3.46. The van der Waals surface area contributed by atoms with Gasteiger partial charge in [0.05, 0.1) is 5.41 Å². The molecule has 0 bridgehead atoms. The van der Waals surface area contributed by atoms with Crippen molar-refractivity contribution in [1.29, 1.82) is 0 Å². The SMILES string of the molecule is CC(C)=CCC/C(C)=C/C[C@]1(C)C(=O)C2=C(O[C@H](C)CC2=O)C(C)=C1O. The van der Waals surface area contributed by atoms with Gasteiger partial charge in [-0.15, -0.1) is 0 Å². The predicted molar refractivity (Wildman–Crippen MR) is 103 cm³/mol. The number of rotatable bonds is 5. The van der Waals surface area contributed by atoms with Crippen molar-refractivity contribution in [2.75, 3.05) is 0 Å². The van der Waals surface area contributed by atoms with Crippen molar-refractivity contribution >= 4 is 11.6 Å². The fourth-order valence-corrected chi connectivity index (χ4v) is 3.46. The highest BCUT2D eigenvalue weighted by Gasteiger charge is 2.48. The Balaban J connectivity index is 2.28. The Bertz CT molecular complexity index is 744. The standard InChI is InChI=1S/C22H30O4/c1-13(2)8-7-9-14(3)10-11-22(6)20(24)16(5)19-18(21(22)25)17(23)12-15(4)26-19/h8,10,15,24H,7,9,11-12H2,1-6H3/b14-10+/t15-,22+/m1/s1. The van der Waals surface area contributed by atoms with Crippen molar-refractivity contribution in [3.8, 4) is 0 Å². The molecule has 4 nitrogen and oxygen atoms in total. The molecule has 0 saturated heterocycles. The van der Waals surface area contributed by atoms with E-state index < -0.39 is 5.41 Å². The predicted octanol–water partition coefficient (Wildman–Crippen LogP) is 5.12. The van der Waals surface area contributed by atoms with Gasteiger partial charge in [-0.05, 0) is 60.8 Å². The van der Waals surface area contributed by atoms with E-state index in [1.807, 2.05) is 13.0 Å². The number of carbonyl (C=O) groups is 2. The second kappa shape index (κ2) is 7.65. The third-order valence-electron chi connectivity index (χ3n) is 5.19. The molecule has 2 aliphatic rings. The van der Waals surface area contributed by atoms with E-state index in [9.17, 15) is 14.7 Å². The van der Waals surface area contributed by atoms with Crippen LogP contribution in [-0.4, -0.2) is 22.8 Å². The topological polar surface area (TPSA) is 63.6 Å². The van der Waals surface area contributed by atoms with Gasteiger partial charge in [-0.1, -0.05) is 23.3 Å². The summed E-state index contributed by atoms with van der Waals surface area (Å²) in [6, 6.07) is 0. The van der Waals surface area contributed by atoms with Crippen molar-refractivity contribution in [1.82, 2.24) is 0 Å². The van der Waals surface area contributed by atoms with Crippen LogP contribution in [0.1, 0.15) is 67.2 Å². The lowest BCUT2D eigenvalue weighted by Gasteiger charge is -2.37. The highest BCUT2D eigenvalue weighted by Crippen LogP contribution is 2.45. The molecule has 1 aliphatic heterocycles. The van der Waals surface area contributed by atoms with Gasteiger partial charge >= 0.3 is 0 Å². The molecule has 142 valence electrons. The zero-order chi connectivity index (χ0) is 19.6. The maximum absolute atomic E-state index is 13.1. The van der Waals surface area contributed by atoms with Crippen LogP contribution in [-0.2, 0) is 14.3 Å². The van der Waals surface area contributed by atoms with Gasteiger partial charge in [0.15, 0.2) is 11.6 Å². The first-order valence-corrected chi connectivity index (χ1v) is 9.26. The van der Waals surface area contributed by atoms with Crippen LogP contribution >= 0.6 is 0 Å². The zero-order valence-electron chi connectivity index (χ0n) is 16.7. The summed E-state index contributed by atoms with van der Waals surface area (Å²) in [5, 5.41) is 10.7. The summed E-state index contributed by atoms with van der Waals surface area (Å²) in [7, 11) is 0. The zero-order valence-corrected chi connectivity index (χ0v) is 16.7. The molecular weight excluding hydrogens is 328 g/mol. The maximum Gasteiger partial charge on any atom is 0.183 e. The highest BCUT2D eigenvalue weighted by molar-refractivity contribution is 6.24. The monoisotopic (exact) mass is 358 g/mol. The molecule has 2 atom stereocenters. The van der Waals surface area contributed by atoms with Crippen molar-refractivity contribution in [2.45, 2.75) is 73.3 Å². The van der Waals surface area contributed by atoms with E-state index in [1.165, 1.54) is 11.1 Å². The van der Waals surface area contributed by atoms with Crippen LogP contribution in [0.4, 0.5) is 0 Å². The Hall–Kier alpha value is -2.10. The summed E-state index contributed by atoms with van der Waals surface area (Å²) in [6.45, 7) is 11.4. The number of ketones is 2. The van der Waals surface area contributed by atoms with E-state index in [0.29, 0.717) is 12.0 Å². The van der Waals surface area contributed by atoms with Crippen LogP contribution in [0.25, 0.3) is 0 Å². The number of Topliss-reactive ketones (excluding diaryl/α,β-unsaturated/α-hetero) is 2. The third-order valence-corrected chi connectivity index (χ3v) is 5.19. The number of allylic oxidation sites excluding steroid dienone is 7. The minimum absolute atomic E-state index is 0.0106. The molecule has 0 aromatic carbocycles. The van der Waals surface area contributed by atoms with Crippen molar-refractivity contribution in [3.63, 3.8) is 0 Å². The number of hydrogen-bond acceptors (Lipinski definition) is 4. The lowest BCUT2D eigenvalue weighted by molar-refractivity contribution is -0.130. The Morgan fingerprint density at radius 2 is 1.92 bits per heavy atom. The van der Waals surface area contributed by atoms with E-state index in [4.69, 9.17) is 4.74 Å². The molecule has 1 aliphatic carbocycles. The fraction of sp³-hybridized carbons (Fsp3) is 0.545. The van der Waals surface area contributed by atoms with Crippen LogP contribution in [0, 0.1) is 5.41 Å². The van der Waals surface area contributed by atoms with E-state index in [1.54, 1.807) is 20.8 Å². The number of aliphatic hydroxyl groups excluding tert-OH is 1. The van der Waals surface area contributed by atoms with Crippen LogP contribution < -0.4 is 0 Å². The normalized spacial score (nSPS) is 26.7. The molecule has 4 heteroatoms. The smallest absolute Gasteiger partial charge is 0.183 e. The molecule has 0 unspecified atom stereocenters. The summed E-state index contributed by atoms with van der Waals surface area (Å²) < 4.78 is 5.71. The molecule has 0 radical (unpaired) electrons. The van der Waals surface area contributed by atoms with Gasteiger partial charge in [-0.3, -0.25) is 9.59 Å². The van der Waals surface area contributed by atoms with Gasteiger partial charge in [0, 0.05) is 12.0 Å². The van der Waals surface area contributed by atoms with E-state index in [2.05, 4.69) is 19.9 Å². The second-order valence-corrected chi connectivity index (χ2v) is 7.97. The number of carbonyl (C=O) groups excluding carboxylic acids is 2. The molecule has 1 N–H and O–H groups in total. The molecule has 0 saturated carbocycles. The minimum atomic E-state index is -1.11. The van der Waals surface area contributed by atoms with Crippen LogP contribution in [0.3, 0.4) is 0 Å². The number of aliphatic hydroxyl groups is 1. The second-order valence-electron chi connectivity index (χ2n) is 7.97. The summed E-state index contributed by atoms with van der Waals surface area (Å²) in [4.78, 5) is 25.5. The largest absolute Gasteiger partial charge is 0.511 e. The van der Waals surface area contributed by atoms with Crippen molar-refractivity contribution in [2.24, 2.45) is 5.41 Å². The Kier molecular flexibility index (Phi) is 5.94. The minimum Gasteiger partial charge on any atom is -0.511 e. The summed E-state index contributed by atoms with van der Waals surface area (Å²) in [5.74, 6) is -0.249. The molecule has 2 rings (SSSR count). The van der Waals surface area contributed by atoms with Gasteiger partial charge in [0.2, 0.25) is 0 Å². The Morgan fingerprint density at radius 3 is 2.54 bits per heavy atom. The van der Waals surface area contributed by atoms with Crippen LogP contribution in [0.5, 0.6) is 0 Å². The van der Waals surface area contributed by atoms with Crippen LogP contribution in [0.15, 0.2) is 46.0 Å². The average Bonchev–Trinajstić information content (AvgIpc) is 2.55. The molecule has 0 aromatic heterocycles. The maximum atomic E-state index is 13.1. The Labute approximate surface area is 156 Å². The third kappa shape index (κ3) is 3.84. The quantitative estimate of drug-likeness (QED) is 0.547. The van der Waals surface area contributed by atoms with Gasteiger partial charge in [0.1, 0.15) is 23.2 Å². The summed E-state index contributed by atoms with van der Waals surface area (Å²) in [5.41, 5.74) is 1.96. The lowest BCUT2D eigenvalue weighted by atomic mass is 9.70. The van der Waals surface area contributed by atoms with Crippen molar-refractivity contribution < 1.29 is 19.4 Å². The van der Waals surface area contributed by atoms with E-state index in [0.717, 1.165) is 12.8 Å². The number of ether oxygens (including phenoxy) is 1. The first kappa shape index (κ1) is 20.2. The Morgan fingerprint density at radius 1 is 1.27 bits per heavy atom. The molecule has 0 fully saturated rings. The molecule has 1 heterocycles. The average molecular weight is 358 g/mol. The van der Waals surface area contributed by atoms with Gasteiger partial charge < -0.3 is 9.84 Å². The van der Waals surface area contributed by atoms with Gasteiger partial charge in [-0.25, -0.2) is 0 Å². The van der Waals surface area contributed by atoms with Gasteiger partial charge in [0.25, 0.3) is 0 Å². The van der Waals surface area contributed by atoms with E-state index in [-0.39, 0.29) is 41.2 Å².